The van der Waals surface area contributed by atoms with Gasteiger partial charge in [-0.15, -0.1) is 0 Å². The molecule has 1 aromatic heterocycles. The van der Waals surface area contributed by atoms with E-state index in [9.17, 15) is 35.2 Å². The molecule has 2 aliphatic carbocycles. The van der Waals surface area contributed by atoms with E-state index in [4.69, 9.17) is 4.74 Å². The summed E-state index contributed by atoms with van der Waals surface area (Å²) in [4.78, 5) is 21.5. The number of carbonyl (C=O) groups excluding carboxylic acids is 1. The van der Waals surface area contributed by atoms with Gasteiger partial charge in [0.2, 0.25) is 21.8 Å². The van der Waals surface area contributed by atoms with E-state index in [2.05, 4.69) is 15.3 Å². The minimum absolute atomic E-state index is 0.0211. The topological polar surface area (TPSA) is 101 Å². The number of ether oxygens (including phenoxy) is 1. The number of carbonyl (C=O) groups is 1. The Morgan fingerprint density at radius 3 is 2.44 bits per heavy atom. The maximum atomic E-state index is 14.7. The molecule has 1 aromatic carbocycles. The molecule has 8 nitrogen and oxygen atoms in total. The minimum Gasteiger partial charge on any atom is -0.477 e. The number of benzene rings is 1. The molecule has 5 rings (SSSR count). The molecular weight excluding hydrogens is 547 g/mol. The van der Waals surface area contributed by atoms with Gasteiger partial charge in [0.05, 0.1) is 23.2 Å². The summed E-state index contributed by atoms with van der Waals surface area (Å²) >= 11 is 0. The number of hydrogen-bond donors (Lipinski definition) is 1. The summed E-state index contributed by atoms with van der Waals surface area (Å²) in [7, 11) is -4.33. The van der Waals surface area contributed by atoms with E-state index in [-0.39, 0.29) is 48.2 Å². The van der Waals surface area contributed by atoms with E-state index >= 15 is 0 Å². The molecule has 1 amide bonds. The third-order valence-corrected chi connectivity index (χ3v) is 9.49. The molecule has 0 bridgehead atoms. The summed E-state index contributed by atoms with van der Waals surface area (Å²) in [5, 5.41) is 2.57. The minimum atomic E-state index is -4.39. The first-order valence-electron chi connectivity index (χ1n) is 12.6. The predicted octanol–water partition coefficient (Wildman–Crippen LogP) is 4.02. The largest absolute Gasteiger partial charge is 0.477 e. The highest BCUT2D eigenvalue weighted by atomic mass is 32.2. The predicted molar refractivity (Wildman–Crippen MR) is 127 cm³/mol. The number of rotatable bonds is 9. The van der Waals surface area contributed by atoms with Crippen LogP contribution >= 0.6 is 0 Å². The van der Waals surface area contributed by atoms with Crippen LogP contribution in [0.2, 0.25) is 0 Å². The van der Waals surface area contributed by atoms with Crippen LogP contribution in [0.15, 0.2) is 35.2 Å². The SMILES string of the molecule is C[C@H]1[C@H](F)C[C@@H](C(=O)NCc2cc(OCC3(C(F)(F)F)CC3)nc(C3CC3)n2)N1S(=O)(=O)c1ccc(F)cc1. The summed E-state index contributed by atoms with van der Waals surface area (Å²) in [6.45, 7) is 0.578. The van der Waals surface area contributed by atoms with Gasteiger partial charge in [-0.1, -0.05) is 0 Å². The molecule has 2 saturated carbocycles. The lowest BCUT2D eigenvalue weighted by Gasteiger charge is -2.26. The molecule has 2 aromatic rings. The lowest BCUT2D eigenvalue weighted by atomic mass is 10.1. The average molecular weight is 575 g/mol. The first-order valence-corrected chi connectivity index (χ1v) is 14.0. The van der Waals surface area contributed by atoms with Gasteiger partial charge in [-0.2, -0.15) is 22.5 Å². The fraction of sp³-hybridized carbons (Fsp3) is 0.560. The molecule has 0 radical (unpaired) electrons. The molecule has 3 fully saturated rings. The number of amides is 1. The van der Waals surface area contributed by atoms with Crippen LogP contribution in [0.1, 0.15) is 56.5 Å². The van der Waals surface area contributed by atoms with Crippen molar-refractivity contribution in [1.82, 2.24) is 19.6 Å². The number of aromatic nitrogens is 2. The summed E-state index contributed by atoms with van der Waals surface area (Å²) in [5.41, 5.74) is -1.61. The number of hydrogen-bond acceptors (Lipinski definition) is 6. The van der Waals surface area contributed by atoms with Crippen molar-refractivity contribution < 1.29 is 39.9 Å². The van der Waals surface area contributed by atoms with Gasteiger partial charge in [0, 0.05) is 18.4 Å². The van der Waals surface area contributed by atoms with Crippen molar-refractivity contribution in [3.63, 3.8) is 0 Å². The fourth-order valence-electron chi connectivity index (χ4n) is 4.64. The van der Waals surface area contributed by atoms with Gasteiger partial charge in [0.1, 0.15) is 35.9 Å². The first-order chi connectivity index (χ1) is 18.3. The third-order valence-electron chi connectivity index (χ3n) is 7.48. The molecule has 3 atom stereocenters. The highest BCUT2D eigenvalue weighted by Crippen LogP contribution is 2.57. The van der Waals surface area contributed by atoms with E-state index in [0.717, 1.165) is 41.4 Å². The molecule has 1 aliphatic heterocycles. The molecular formula is C25H27F5N4O4S. The highest BCUT2D eigenvalue weighted by Gasteiger charge is 2.64. The van der Waals surface area contributed by atoms with Crippen molar-refractivity contribution in [3.8, 4) is 5.88 Å². The fourth-order valence-corrected chi connectivity index (χ4v) is 6.45. The molecule has 14 heteroatoms. The Morgan fingerprint density at radius 1 is 1.18 bits per heavy atom. The number of alkyl halides is 4. The number of nitrogens with one attached hydrogen (secondary N) is 1. The Balaban J connectivity index is 1.31. The van der Waals surface area contributed by atoms with Gasteiger partial charge >= 0.3 is 6.18 Å². The monoisotopic (exact) mass is 574 g/mol. The van der Waals surface area contributed by atoms with E-state index in [0.29, 0.717) is 5.82 Å². The van der Waals surface area contributed by atoms with Crippen molar-refractivity contribution in [2.24, 2.45) is 5.41 Å². The van der Waals surface area contributed by atoms with Crippen LogP contribution < -0.4 is 10.1 Å². The van der Waals surface area contributed by atoms with Crippen LogP contribution in [0.5, 0.6) is 5.88 Å². The summed E-state index contributed by atoms with van der Waals surface area (Å²) in [6, 6.07) is 2.84. The van der Waals surface area contributed by atoms with Crippen molar-refractivity contribution in [2.45, 2.75) is 80.8 Å². The Labute approximate surface area is 222 Å². The molecule has 1 N–H and O–H groups in total. The van der Waals surface area contributed by atoms with Crippen LogP contribution in [0.3, 0.4) is 0 Å². The van der Waals surface area contributed by atoms with Crippen LogP contribution in [0, 0.1) is 11.2 Å². The molecule has 39 heavy (non-hydrogen) atoms. The molecule has 212 valence electrons. The van der Waals surface area contributed by atoms with Gasteiger partial charge in [0.25, 0.3) is 0 Å². The second kappa shape index (κ2) is 9.95. The third kappa shape index (κ3) is 5.58. The quantitative estimate of drug-likeness (QED) is 0.454. The number of nitrogens with zero attached hydrogens (tertiary/aromatic N) is 3. The zero-order valence-corrected chi connectivity index (χ0v) is 21.7. The van der Waals surface area contributed by atoms with Gasteiger partial charge in [-0.25, -0.2) is 22.2 Å². The summed E-state index contributed by atoms with van der Waals surface area (Å²) < 4.78 is 101. The Bertz CT molecular complexity index is 1350. The van der Waals surface area contributed by atoms with E-state index in [1.54, 1.807) is 0 Å². The van der Waals surface area contributed by atoms with Crippen LogP contribution in [-0.4, -0.2) is 59.6 Å². The standard InChI is InChI=1S/C25H27F5N4O4S/c1-14-19(27)11-20(34(14)39(36,37)18-6-4-16(26)5-7-18)23(35)31-12-17-10-21(33-22(32-17)15-2-3-15)38-13-24(8-9-24)25(28,29)30/h4-7,10,14-15,19-20H,2-3,8-9,11-13H2,1H3,(H,31,35)/t14-,19+,20-/m0/s1. The van der Waals surface area contributed by atoms with Crippen LogP contribution in [-0.2, 0) is 21.4 Å². The summed E-state index contributed by atoms with van der Waals surface area (Å²) in [6.07, 6.45) is -4.79. The molecule has 0 unspecified atom stereocenters. The lowest BCUT2D eigenvalue weighted by Crippen LogP contribution is -2.48. The zero-order chi connectivity index (χ0) is 28.2. The van der Waals surface area contributed by atoms with Crippen molar-refractivity contribution in [2.75, 3.05) is 6.61 Å². The Hall–Kier alpha value is -2.87. The molecule has 3 aliphatic rings. The molecule has 0 spiro atoms. The highest BCUT2D eigenvalue weighted by molar-refractivity contribution is 7.89. The van der Waals surface area contributed by atoms with E-state index < -0.39 is 58.2 Å². The summed E-state index contributed by atoms with van der Waals surface area (Å²) in [5.74, 6) is -1.01. The number of sulfonamides is 1. The second-order valence-corrected chi connectivity index (χ2v) is 12.3. The van der Waals surface area contributed by atoms with Gasteiger partial charge in [-0.3, -0.25) is 4.79 Å². The van der Waals surface area contributed by atoms with E-state index in [1.165, 1.54) is 13.0 Å². The van der Waals surface area contributed by atoms with Gasteiger partial charge < -0.3 is 10.1 Å². The smallest absolute Gasteiger partial charge is 0.397 e. The molecule has 2 heterocycles. The maximum absolute atomic E-state index is 14.7. The maximum Gasteiger partial charge on any atom is 0.397 e. The van der Waals surface area contributed by atoms with E-state index in [1.807, 2.05) is 0 Å². The second-order valence-electron chi connectivity index (χ2n) is 10.4. The molecule has 1 saturated heterocycles. The average Bonchev–Trinajstić information content (AvgIpc) is 3.79. The van der Waals surface area contributed by atoms with Gasteiger partial charge in [-0.05, 0) is 56.9 Å². The lowest BCUT2D eigenvalue weighted by molar-refractivity contribution is -0.194. The van der Waals surface area contributed by atoms with Crippen LogP contribution in [0.4, 0.5) is 22.0 Å². The zero-order valence-electron chi connectivity index (χ0n) is 20.9. The Kier molecular flexibility index (Phi) is 7.06. The van der Waals surface area contributed by atoms with Crippen LogP contribution in [0.25, 0.3) is 0 Å². The Morgan fingerprint density at radius 2 is 1.85 bits per heavy atom. The van der Waals surface area contributed by atoms with Crippen molar-refractivity contribution in [3.05, 3.63) is 47.7 Å². The first kappa shape index (κ1) is 27.7. The van der Waals surface area contributed by atoms with Crippen molar-refractivity contribution >= 4 is 15.9 Å². The van der Waals surface area contributed by atoms with Gasteiger partial charge in [0.15, 0.2) is 0 Å². The normalized spacial score (nSPS) is 24.9. The number of halogens is 5. The van der Waals surface area contributed by atoms with Crippen molar-refractivity contribution in [1.29, 1.82) is 0 Å².